The molecule has 0 spiro atoms. The summed E-state index contributed by atoms with van der Waals surface area (Å²) in [5.74, 6) is 2.11. The molecule has 1 saturated carbocycles. The number of aromatic nitrogens is 2. The van der Waals surface area contributed by atoms with Gasteiger partial charge in [-0.3, -0.25) is 0 Å². The van der Waals surface area contributed by atoms with Gasteiger partial charge in [0, 0.05) is 19.0 Å². The molecule has 0 aliphatic heterocycles. The quantitative estimate of drug-likeness (QED) is 0.705. The van der Waals surface area contributed by atoms with Gasteiger partial charge in [0.05, 0.1) is 6.54 Å². The van der Waals surface area contributed by atoms with Gasteiger partial charge in [-0.2, -0.15) is 0 Å². The third-order valence-corrected chi connectivity index (χ3v) is 3.55. The number of aliphatic hydroxyl groups is 1. The van der Waals surface area contributed by atoms with Gasteiger partial charge in [0.1, 0.15) is 5.82 Å². The highest BCUT2D eigenvalue weighted by Crippen LogP contribution is 2.28. The molecule has 1 aliphatic carbocycles. The van der Waals surface area contributed by atoms with Crippen LogP contribution in [0.5, 0.6) is 0 Å². The summed E-state index contributed by atoms with van der Waals surface area (Å²) in [4.78, 5) is 7.25. The predicted octanol–water partition coefficient (Wildman–Crippen LogP) is 1.30. The highest BCUT2D eigenvalue weighted by molar-refractivity contribution is 4.86. The summed E-state index contributed by atoms with van der Waals surface area (Å²) in [6.45, 7) is 2.13. The zero-order valence-electron chi connectivity index (χ0n) is 9.65. The molecule has 90 valence electrons. The first-order chi connectivity index (χ1) is 7.90. The SMILES string of the molecule is OCC1CCCCC1CNCc1ncc[nH]1. The van der Waals surface area contributed by atoms with Crippen LogP contribution in [0.4, 0.5) is 0 Å². The molecule has 0 amide bonds. The number of nitrogens with zero attached hydrogens (tertiary/aromatic N) is 1. The van der Waals surface area contributed by atoms with Gasteiger partial charge >= 0.3 is 0 Å². The average molecular weight is 223 g/mol. The smallest absolute Gasteiger partial charge is 0.120 e. The van der Waals surface area contributed by atoms with Gasteiger partial charge in [0.2, 0.25) is 0 Å². The lowest BCUT2D eigenvalue weighted by molar-refractivity contribution is 0.133. The second kappa shape index (κ2) is 6.01. The average Bonchev–Trinajstić information content (AvgIpc) is 2.83. The normalized spacial score (nSPS) is 25.8. The molecular weight excluding hydrogens is 202 g/mol. The van der Waals surface area contributed by atoms with Gasteiger partial charge in [-0.1, -0.05) is 12.8 Å². The Hall–Kier alpha value is -0.870. The van der Waals surface area contributed by atoms with E-state index >= 15 is 0 Å². The first-order valence-corrected chi connectivity index (χ1v) is 6.20. The Balaban J connectivity index is 1.71. The van der Waals surface area contributed by atoms with E-state index in [0.717, 1.165) is 18.9 Å². The van der Waals surface area contributed by atoms with Gasteiger partial charge < -0.3 is 15.4 Å². The number of aliphatic hydroxyl groups excluding tert-OH is 1. The van der Waals surface area contributed by atoms with Crippen LogP contribution >= 0.6 is 0 Å². The number of rotatable bonds is 5. The summed E-state index contributed by atoms with van der Waals surface area (Å²) in [7, 11) is 0. The summed E-state index contributed by atoms with van der Waals surface area (Å²) >= 11 is 0. The van der Waals surface area contributed by atoms with Crippen molar-refractivity contribution in [2.45, 2.75) is 32.2 Å². The lowest BCUT2D eigenvalue weighted by atomic mass is 9.79. The molecule has 1 fully saturated rings. The topological polar surface area (TPSA) is 60.9 Å². The Bertz CT molecular complexity index is 286. The second-order valence-electron chi connectivity index (χ2n) is 4.65. The van der Waals surface area contributed by atoms with Crippen molar-refractivity contribution in [3.05, 3.63) is 18.2 Å². The molecule has 1 aliphatic rings. The summed E-state index contributed by atoms with van der Waals surface area (Å²) in [5.41, 5.74) is 0. The summed E-state index contributed by atoms with van der Waals surface area (Å²) in [6, 6.07) is 0. The van der Waals surface area contributed by atoms with Crippen molar-refractivity contribution < 1.29 is 5.11 Å². The monoisotopic (exact) mass is 223 g/mol. The maximum absolute atomic E-state index is 9.30. The maximum atomic E-state index is 9.30. The number of hydrogen-bond donors (Lipinski definition) is 3. The van der Waals surface area contributed by atoms with E-state index in [1.54, 1.807) is 6.20 Å². The van der Waals surface area contributed by atoms with Crippen LogP contribution in [0.3, 0.4) is 0 Å². The fraction of sp³-hybridized carbons (Fsp3) is 0.750. The molecule has 4 nitrogen and oxygen atoms in total. The highest BCUT2D eigenvalue weighted by atomic mass is 16.3. The van der Waals surface area contributed by atoms with Gasteiger partial charge in [-0.25, -0.2) is 4.98 Å². The zero-order valence-corrected chi connectivity index (χ0v) is 9.65. The van der Waals surface area contributed by atoms with Crippen molar-refractivity contribution in [2.24, 2.45) is 11.8 Å². The Morgan fingerprint density at radius 1 is 1.38 bits per heavy atom. The molecule has 0 saturated heterocycles. The van der Waals surface area contributed by atoms with Crippen LogP contribution in [0.25, 0.3) is 0 Å². The third-order valence-electron chi connectivity index (χ3n) is 3.55. The fourth-order valence-electron chi connectivity index (χ4n) is 2.56. The number of nitrogens with one attached hydrogen (secondary N) is 2. The minimum Gasteiger partial charge on any atom is -0.396 e. The van der Waals surface area contributed by atoms with E-state index in [1.165, 1.54) is 25.7 Å². The first kappa shape index (κ1) is 11.6. The van der Waals surface area contributed by atoms with Gasteiger partial charge in [-0.05, 0) is 31.2 Å². The van der Waals surface area contributed by atoms with Crippen LogP contribution in [-0.2, 0) is 6.54 Å². The van der Waals surface area contributed by atoms with Crippen molar-refractivity contribution >= 4 is 0 Å². The molecule has 2 unspecified atom stereocenters. The molecule has 1 heterocycles. The lowest BCUT2D eigenvalue weighted by Gasteiger charge is -2.30. The Morgan fingerprint density at radius 3 is 2.88 bits per heavy atom. The van der Waals surface area contributed by atoms with Crippen LogP contribution in [-0.4, -0.2) is 28.2 Å². The molecule has 3 N–H and O–H groups in total. The minimum atomic E-state index is 0.340. The van der Waals surface area contributed by atoms with Gasteiger partial charge in [0.25, 0.3) is 0 Å². The van der Waals surface area contributed by atoms with Crippen molar-refractivity contribution in [3.8, 4) is 0 Å². The maximum Gasteiger partial charge on any atom is 0.120 e. The van der Waals surface area contributed by atoms with Crippen LogP contribution in [0, 0.1) is 11.8 Å². The number of hydrogen-bond acceptors (Lipinski definition) is 3. The number of imidazole rings is 1. The Labute approximate surface area is 96.5 Å². The Kier molecular flexibility index (Phi) is 4.36. The van der Waals surface area contributed by atoms with Crippen LogP contribution < -0.4 is 5.32 Å². The standard InChI is InChI=1S/C12H21N3O/c16-9-11-4-2-1-3-10(11)7-13-8-12-14-5-6-15-12/h5-6,10-11,13,16H,1-4,7-9H2,(H,14,15). The molecule has 0 aromatic carbocycles. The van der Waals surface area contributed by atoms with E-state index in [2.05, 4.69) is 15.3 Å². The molecule has 4 heteroatoms. The van der Waals surface area contributed by atoms with Crippen LogP contribution in [0.2, 0.25) is 0 Å². The highest BCUT2D eigenvalue weighted by Gasteiger charge is 2.23. The van der Waals surface area contributed by atoms with Crippen molar-refractivity contribution in [2.75, 3.05) is 13.2 Å². The van der Waals surface area contributed by atoms with Crippen LogP contribution in [0.15, 0.2) is 12.4 Å². The molecular formula is C12H21N3O. The van der Waals surface area contributed by atoms with Crippen LogP contribution in [0.1, 0.15) is 31.5 Å². The van der Waals surface area contributed by atoms with E-state index in [0.29, 0.717) is 18.4 Å². The Morgan fingerprint density at radius 2 is 2.19 bits per heavy atom. The van der Waals surface area contributed by atoms with Crippen molar-refractivity contribution in [1.82, 2.24) is 15.3 Å². The van der Waals surface area contributed by atoms with Gasteiger partial charge in [-0.15, -0.1) is 0 Å². The molecule has 0 bridgehead atoms. The molecule has 16 heavy (non-hydrogen) atoms. The molecule has 2 atom stereocenters. The number of aromatic amines is 1. The third kappa shape index (κ3) is 3.06. The number of H-pyrrole nitrogens is 1. The molecule has 1 aromatic heterocycles. The van der Waals surface area contributed by atoms with Crippen molar-refractivity contribution in [1.29, 1.82) is 0 Å². The van der Waals surface area contributed by atoms with Gasteiger partial charge in [0.15, 0.2) is 0 Å². The second-order valence-corrected chi connectivity index (χ2v) is 4.65. The fourth-order valence-corrected chi connectivity index (χ4v) is 2.56. The summed E-state index contributed by atoms with van der Waals surface area (Å²) < 4.78 is 0. The molecule has 0 radical (unpaired) electrons. The van der Waals surface area contributed by atoms with E-state index in [-0.39, 0.29) is 0 Å². The van der Waals surface area contributed by atoms with E-state index in [4.69, 9.17) is 0 Å². The van der Waals surface area contributed by atoms with E-state index in [1.807, 2.05) is 6.20 Å². The zero-order chi connectivity index (χ0) is 11.2. The van der Waals surface area contributed by atoms with E-state index in [9.17, 15) is 5.11 Å². The summed E-state index contributed by atoms with van der Waals surface area (Å²) in [5, 5.41) is 12.7. The minimum absolute atomic E-state index is 0.340. The largest absolute Gasteiger partial charge is 0.396 e. The lowest BCUT2D eigenvalue weighted by Crippen LogP contribution is -2.32. The first-order valence-electron chi connectivity index (χ1n) is 6.20. The van der Waals surface area contributed by atoms with Crippen molar-refractivity contribution in [3.63, 3.8) is 0 Å². The molecule has 1 aromatic rings. The van der Waals surface area contributed by atoms with E-state index < -0.39 is 0 Å². The predicted molar refractivity (Wildman–Crippen MR) is 62.8 cm³/mol. The molecule has 2 rings (SSSR count). The summed E-state index contributed by atoms with van der Waals surface area (Å²) in [6.07, 6.45) is 8.63.